The summed E-state index contributed by atoms with van der Waals surface area (Å²) in [5.41, 5.74) is 6.49. The van der Waals surface area contributed by atoms with Crippen molar-refractivity contribution in [3.05, 3.63) is 23.3 Å². The number of rotatable bonds is 4. The van der Waals surface area contributed by atoms with Crippen LogP contribution < -0.4 is 15.2 Å². The summed E-state index contributed by atoms with van der Waals surface area (Å²) >= 11 is 0. The Morgan fingerprint density at radius 3 is 2.38 bits per heavy atom. The number of aromatic carboxylic acids is 1. The molecule has 0 radical (unpaired) electrons. The normalized spacial score (nSPS) is 12.0. The summed E-state index contributed by atoms with van der Waals surface area (Å²) in [6.45, 7) is 1.75. The first-order chi connectivity index (χ1) is 7.51. The number of hydrogen-bond acceptors (Lipinski definition) is 4. The molecule has 16 heavy (non-hydrogen) atoms. The van der Waals surface area contributed by atoms with Gasteiger partial charge in [-0.3, -0.25) is 0 Å². The molecule has 0 saturated carbocycles. The zero-order valence-electron chi connectivity index (χ0n) is 9.48. The first kappa shape index (κ1) is 12.3. The molecule has 3 N–H and O–H groups in total. The monoisotopic (exact) mass is 225 g/mol. The van der Waals surface area contributed by atoms with E-state index in [9.17, 15) is 4.79 Å². The maximum absolute atomic E-state index is 10.9. The van der Waals surface area contributed by atoms with Crippen molar-refractivity contribution >= 4 is 5.97 Å². The van der Waals surface area contributed by atoms with Gasteiger partial charge < -0.3 is 20.3 Å². The van der Waals surface area contributed by atoms with Crippen LogP contribution in [-0.4, -0.2) is 25.3 Å². The van der Waals surface area contributed by atoms with Crippen LogP contribution in [0.4, 0.5) is 0 Å². The van der Waals surface area contributed by atoms with Gasteiger partial charge in [0.25, 0.3) is 0 Å². The number of benzene rings is 1. The summed E-state index contributed by atoms with van der Waals surface area (Å²) in [6, 6.07) is 2.57. The van der Waals surface area contributed by atoms with Gasteiger partial charge in [-0.1, -0.05) is 0 Å². The van der Waals surface area contributed by atoms with E-state index < -0.39 is 5.97 Å². The molecule has 0 aliphatic carbocycles. The number of ether oxygens (including phenoxy) is 2. The van der Waals surface area contributed by atoms with E-state index in [0.717, 1.165) is 0 Å². The Labute approximate surface area is 93.8 Å². The minimum Gasteiger partial charge on any atom is -0.493 e. The maximum atomic E-state index is 10.9. The van der Waals surface area contributed by atoms with Crippen LogP contribution in [0.5, 0.6) is 11.5 Å². The second-order valence-corrected chi connectivity index (χ2v) is 3.39. The van der Waals surface area contributed by atoms with Crippen molar-refractivity contribution in [1.29, 1.82) is 0 Å². The lowest BCUT2D eigenvalue weighted by molar-refractivity contribution is 0.0696. The van der Waals surface area contributed by atoms with Crippen molar-refractivity contribution < 1.29 is 19.4 Å². The molecule has 0 fully saturated rings. The number of methoxy groups -OCH3 is 2. The van der Waals surface area contributed by atoms with Crippen LogP contribution in [0.3, 0.4) is 0 Å². The van der Waals surface area contributed by atoms with Gasteiger partial charge in [-0.25, -0.2) is 4.79 Å². The van der Waals surface area contributed by atoms with E-state index in [2.05, 4.69) is 0 Å². The third kappa shape index (κ3) is 2.25. The van der Waals surface area contributed by atoms with Gasteiger partial charge in [-0.05, 0) is 19.1 Å². The van der Waals surface area contributed by atoms with E-state index >= 15 is 0 Å². The SMILES string of the molecule is COc1cc(C(=O)O)cc(C(C)N)c1OC. The van der Waals surface area contributed by atoms with Crippen LogP contribution in [0.2, 0.25) is 0 Å². The molecule has 1 rings (SSSR count). The van der Waals surface area contributed by atoms with Crippen molar-refractivity contribution in [1.82, 2.24) is 0 Å². The van der Waals surface area contributed by atoms with E-state index in [4.69, 9.17) is 20.3 Å². The third-order valence-electron chi connectivity index (χ3n) is 2.25. The summed E-state index contributed by atoms with van der Waals surface area (Å²) in [4.78, 5) is 10.9. The molecule has 1 atom stereocenters. The molecule has 0 spiro atoms. The summed E-state index contributed by atoms with van der Waals surface area (Å²) in [5, 5.41) is 8.94. The predicted molar refractivity (Wildman–Crippen MR) is 59.1 cm³/mol. The van der Waals surface area contributed by atoms with Crippen molar-refractivity contribution in [2.45, 2.75) is 13.0 Å². The molecule has 0 saturated heterocycles. The quantitative estimate of drug-likeness (QED) is 0.809. The van der Waals surface area contributed by atoms with Crippen molar-refractivity contribution in [2.24, 2.45) is 5.73 Å². The van der Waals surface area contributed by atoms with Gasteiger partial charge in [0.15, 0.2) is 11.5 Å². The Balaban J connectivity index is 3.43. The van der Waals surface area contributed by atoms with Gasteiger partial charge in [-0.2, -0.15) is 0 Å². The predicted octanol–water partition coefficient (Wildman–Crippen LogP) is 1.42. The lowest BCUT2D eigenvalue weighted by Crippen LogP contribution is -2.10. The highest BCUT2D eigenvalue weighted by atomic mass is 16.5. The van der Waals surface area contributed by atoms with E-state index in [1.54, 1.807) is 6.92 Å². The van der Waals surface area contributed by atoms with E-state index in [-0.39, 0.29) is 11.6 Å². The molecular formula is C11H15NO4. The van der Waals surface area contributed by atoms with Crippen LogP contribution in [0.25, 0.3) is 0 Å². The Morgan fingerprint density at radius 1 is 1.38 bits per heavy atom. The zero-order valence-corrected chi connectivity index (χ0v) is 9.48. The Kier molecular flexibility index (Phi) is 3.73. The van der Waals surface area contributed by atoms with Gasteiger partial charge in [0.1, 0.15) is 0 Å². The fourth-order valence-corrected chi connectivity index (χ4v) is 1.46. The zero-order chi connectivity index (χ0) is 12.3. The third-order valence-corrected chi connectivity index (χ3v) is 2.25. The highest BCUT2D eigenvalue weighted by molar-refractivity contribution is 5.89. The molecule has 0 heterocycles. The lowest BCUT2D eigenvalue weighted by Gasteiger charge is -2.16. The number of carbonyl (C=O) groups is 1. The molecule has 0 aliphatic rings. The number of carboxylic acids is 1. The summed E-state index contributed by atoms with van der Waals surface area (Å²) < 4.78 is 10.2. The minimum absolute atomic E-state index is 0.130. The fourth-order valence-electron chi connectivity index (χ4n) is 1.46. The molecule has 0 bridgehead atoms. The largest absolute Gasteiger partial charge is 0.493 e. The van der Waals surface area contributed by atoms with E-state index in [0.29, 0.717) is 17.1 Å². The van der Waals surface area contributed by atoms with E-state index in [1.807, 2.05) is 0 Å². The van der Waals surface area contributed by atoms with Crippen molar-refractivity contribution in [3.63, 3.8) is 0 Å². The minimum atomic E-state index is -1.03. The average molecular weight is 225 g/mol. The summed E-state index contributed by atoms with van der Waals surface area (Å²) in [7, 11) is 2.94. The molecule has 1 aromatic rings. The van der Waals surface area contributed by atoms with Crippen LogP contribution >= 0.6 is 0 Å². The van der Waals surface area contributed by atoms with Gasteiger partial charge in [-0.15, -0.1) is 0 Å². The second kappa shape index (κ2) is 4.85. The van der Waals surface area contributed by atoms with Gasteiger partial charge in [0.2, 0.25) is 0 Å². The summed E-state index contributed by atoms with van der Waals surface area (Å²) in [6.07, 6.45) is 0. The first-order valence-electron chi connectivity index (χ1n) is 4.76. The van der Waals surface area contributed by atoms with Crippen molar-refractivity contribution in [2.75, 3.05) is 14.2 Å². The van der Waals surface area contributed by atoms with Crippen LogP contribution in [0, 0.1) is 0 Å². The molecule has 0 amide bonds. The Morgan fingerprint density at radius 2 is 2.00 bits per heavy atom. The molecular weight excluding hydrogens is 210 g/mol. The molecule has 0 aromatic heterocycles. The lowest BCUT2D eigenvalue weighted by atomic mass is 10.0. The van der Waals surface area contributed by atoms with Gasteiger partial charge >= 0.3 is 5.97 Å². The van der Waals surface area contributed by atoms with Crippen LogP contribution in [-0.2, 0) is 0 Å². The number of carboxylic acid groups (broad SMARTS) is 1. The second-order valence-electron chi connectivity index (χ2n) is 3.39. The van der Waals surface area contributed by atoms with Crippen molar-refractivity contribution in [3.8, 4) is 11.5 Å². The smallest absolute Gasteiger partial charge is 0.335 e. The van der Waals surface area contributed by atoms with Crippen LogP contribution in [0.15, 0.2) is 12.1 Å². The van der Waals surface area contributed by atoms with Crippen LogP contribution in [0.1, 0.15) is 28.9 Å². The van der Waals surface area contributed by atoms with Gasteiger partial charge in [0, 0.05) is 11.6 Å². The Hall–Kier alpha value is -1.75. The van der Waals surface area contributed by atoms with Gasteiger partial charge in [0.05, 0.1) is 19.8 Å². The number of hydrogen-bond donors (Lipinski definition) is 2. The first-order valence-corrected chi connectivity index (χ1v) is 4.76. The fraction of sp³-hybridized carbons (Fsp3) is 0.364. The topological polar surface area (TPSA) is 81.8 Å². The molecule has 0 aliphatic heterocycles. The highest BCUT2D eigenvalue weighted by Crippen LogP contribution is 2.35. The molecule has 1 unspecified atom stereocenters. The molecule has 88 valence electrons. The number of nitrogens with two attached hydrogens (primary N) is 1. The average Bonchev–Trinajstić information content (AvgIpc) is 2.26. The van der Waals surface area contributed by atoms with E-state index in [1.165, 1.54) is 26.4 Å². The molecule has 5 nitrogen and oxygen atoms in total. The molecule has 1 aromatic carbocycles. The standard InChI is InChI=1S/C11H15NO4/c1-6(12)8-4-7(11(13)14)5-9(15-2)10(8)16-3/h4-6H,12H2,1-3H3,(H,13,14). The summed E-state index contributed by atoms with van der Waals surface area (Å²) in [5.74, 6) is -0.181. The maximum Gasteiger partial charge on any atom is 0.335 e. The Bertz CT molecular complexity index is 401. The molecule has 5 heteroatoms. The highest BCUT2D eigenvalue weighted by Gasteiger charge is 2.17.